The summed E-state index contributed by atoms with van der Waals surface area (Å²) in [4.78, 5) is 0.248. The maximum atomic E-state index is 13.5. The minimum atomic E-state index is -3.80. The van der Waals surface area contributed by atoms with Crippen molar-refractivity contribution in [2.24, 2.45) is 0 Å². The van der Waals surface area contributed by atoms with E-state index in [1.165, 1.54) is 25.2 Å². The molecule has 0 fully saturated rings. The SMILES string of the molecule is Cc1ccc(S(=O)(=O)n2ncc3cc4c(cc32)[Si](c2ccccc2)(c2ccccc2)CC4)cc1. The fourth-order valence-electron chi connectivity index (χ4n) is 5.37. The van der Waals surface area contributed by atoms with Crippen LogP contribution in [0.15, 0.2) is 108 Å². The van der Waals surface area contributed by atoms with Gasteiger partial charge in [0.25, 0.3) is 10.0 Å². The van der Waals surface area contributed by atoms with E-state index in [1.54, 1.807) is 18.3 Å². The summed E-state index contributed by atoms with van der Waals surface area (Å²) < 4.78 is 28.3. The second-order valence-electron chi connectivity index (χ2n) is 9.01. The molecule has 6 rings (SSSR count). The highest BCUT2D eigenvalue weighted by atomic mass is 32.2. The molecule has 0 amide bonds. The van der Waals surface area contributed by atoms with Crippen LogP contribution in [0.3, 0.4) is 0 Å². The smallest absolute Gasteiger partial charge is 0.199 e. The first-order valence-electron chi connectivity index (χ1n) is 11.4. The number of aromatic nitrogens is 2. The van der Waals surface area contributed by atoms with Gasteiger partial charge < -0.3 is 0 Å². The third kappa shape index (κ3) is 3.10. The summed E-state index contributed by atoms with van der Waals surface area (Å²) in [5.74, 6) is 0. The summed E-state index contributed by atoms with van der Waals surface area (Å²) >= 11 is 0. The lowest BCUT2D eigenvalue weighted by Gasteiger charge is -2.29. The molecule has 1 aliphatic rings. The van der Waals surface area contributed by atoms with Crippen molar-refractivity contribution < 1.29 is 8.42 Å². The molecule has 0 bridgehead atoms. The lowest BCUT2D eigenvalue weighted by molar-refractivity contribution is 0.582. The molecular formula is C28H24N2O2SSi. The van der Waals surface area contributed by atoms with Crippen LogP contribution in [0.5, 0.6) is 0 Å². The zero-order chi connectivity index (χ0) is 23.3. The number of aryl methyl sites for hydroxylation is 2. The Kier molecular flexibility index (Phi) is 4.83. The maximum Gasteiger partial charge on any atom is 0.283 e. The molecular weight excluding hydrogens is 456 g/mol. The molecule has 0 saturated carbocycles. The lowest BCUT2D eigenvalue weighted by atomic mass is 10.1. The van der Waals surface area contributed by atoms with Crippen molar-refractivity contribution in [2.45, 2.75) is 24.3 Å². The van der Waals surface area contributed by atoms with Crippen LogP contribution in [0, 0.1) is 6.92 Å². The molecule has 4 aromatic carbocycles. The zero-order valence-electron chi connectivity index (χ0n) is 18.8. The Balaban J connectivity index is 1.61. The van der Waals surface area contributed by atoms with Crippen molar-refractivity contribution in [3.63, 3.8) is 0 Å². The molecule has 2 heterocycles. The van der Waals surface area contributed by atoms with Gasteiger partial charge in [-0.1, -0.05) is 78.4 Å². The highest BCUT2D eigenvalue weighted by Gasteiger charge is 2.44. The zero-order valence-corrected chi connectivity index (χ0v) is 20.7. The summed E-state index contributed by atoms with van der Waals surface area (Å²) in [5, 5.41) is 9.20. The van der Waals surface area contributed by atoms with Crippen LogP contribution in [0.25, 0.3) is 10.9 Å². The third-order valence-corrected chi connectivity index (χ3v) is 13.7. The molecule has 1 aliphatic heterocycles. The topological polar surface area (TPSA) is 52.0 Å². The van der Waals surface area contributed by atoms with Crippen LogP contribution in [0.2, 0.25) is 6.04 Å². The predicted octanol–water partition coefficient (Wildman–Crippen LogP) is 3.61. The number of benzene rings is 4. The molecule has 0 saturated heterocycles. The largest absolute Gasteiger partial charge is 0.283 e. The Morgan fingerprint density at radius 2 is 1.44 bits per heavy atom. The van der Waals surface area contributed by atoms with Crippen LogP contribution in [-0.2, 0) is 16.4 Å². The standard InChI is InChI=1S/C28H24N2O2SSi/c1-21-12-14-24(15-13-21)33(31,32)30-27-19-28-22(18-23(27)20-29-30)16-17-34(28,25-8-4-2-5-9-25)26-10-6-3-7-11-26/h2-15,18-20H,16-17H2,1H3. The highest BCUT2D eigenvalue weighted by Crippen LogP contribution is 2.29. The van der Waals surface area contributed by atoms with Crippen molar-refractivity contribution >= 4 is 44.6 Å². The number of rotatable bonds is 4. The first-order valence-corrected chi connectivity index (χ1v) is 15.1. The normalized spacial score (nSPS) is 14.9. The molecule has 0 atom stereocenters. The van der Waals surface area contributed by atoms with E-state index in [-0.39, 0.29) is 4.90 Å². The Hall–Kier alpha value is -3.48. The van der Waals surface area contributed by atoms with E-state index in [1.807, 2.05) is 19.1 Å². The number of fused-ring (bicyclic) bond motifs is 2. The summed E-state index contributed by atoms with van der Waals surface area (Å²) in [7, 11) is -6.10. The third-order valence-electron chi connectivity index (χ3n) is 7.07. The molecule has 0 aliphatic carbocycles. The van der Waals surface area contributed by atoms with Crippen molar-refractivity contribution in [3.05, 3.63) is 114 Å². The van der Waals surface area contributed by atoms with Gasteiger partial charge in [-0.2, -0.15) is 17.6 Å². The molecule has 0 N–H and O–H groups in total. The minimum absolute atomic E-state index is 0.248. The van der Waals surface area contributed by atoms with Crippen molar-refractivity contribution in [1.82, 2.24) is 9.19 Å². The van der Waals surface area contributed by atoms with Crippen LogP contribution in [0.1, 0.15) is 11.1 Å². The summed E-state index contributed by atoms with van der Waals surface area (Å²) in [6.07, 6.45) is 2.66. The highest BCUT2D eigenvalue weighted by molar-refractivity contribution is 7.90. The number of hydrogen-bond acceptors (Lipinski definition) is 3. The average Bonchev–Trinajstić information content (AvgIpc) is 3.46. The Labute approximate surface area is 200 Å². The van der Waals surface area contributed by atoms with Crippen molar-refractivity contribution in [2.75, 3.05) is 0 Å². The van der Waals surface area contributed by atoms with Crippen molar-refractivity contribution in [1.29, 1.82) is 0 Å². The van der Waals surface area contributed by atoms with Gasteiger partial charge in [0, 0.05) is 5.39 Å². The molecule has 6 heteroatoms. The minimum Gasteiger partial charge on any atom is -0.199 e. The molecule has 4 nitrogen and oxygen atoms in total. The summed E-state index contributed by atoms with van der Waals surface area (Å²) in [6, 6.07) is 33.8. The van der Waals surface area contributed by atoms with E-state index < -0.39 is 18.1 Å². The molecule has 0 spiro atoms. The van der Waals surface area contributed by atoms with Crippen LogP contribution in [0.4, 0.5) is 0 Å². The monoisotopic (exact) mass is 480 g/mol. The van der Waals surface area contributed by atoms with E-state index in [0.29, 0.717) is 5.52 Å². The molecule has 5 aromatic rings. The molecule has 0 radical (unpaired) electrons. The van der Waals surface area contributed by atoms with Gasteiger partial charge in [0.15, 0.2) is 0 Å². The van der Waals surface area contributed by atoms with Gasteiger partial charge in [-0.25, -0.2) is 0 Å². The number of hydrogen-bond donors (Lipinski definition) is 0. The Bertz CT molecular complexity index is 1570. The average molecular weight is 481 g/mol. The second-order valence-corrected chi connectivity index (χ2v) is 14.8. The first-order chi connectivity index (χ1) is 16.5. The summed E-state index contributed by atoms with van der Waals surface area (Å²) in [6.45, 7) is 1.94. The van der Waals surface area contributed by atoms with Crippen molar-refractivity contribution in [3.8, 4) is 0 Å². The van der Waals surface area contributed by atoms with Crippen LogP contribution < -0.4 is 15.6 Å². The van der Waals surface area contributed by atoms with Gasteiger partial charge in [-0.3, -0.25) is 0 Å². The molecule has 34 heavy (non-hydrogen) atoms. The predicted molar refractivity (Wildman–Crippen MR) is 140 cm³/mol. The van der Waals surface area contributed by atoms with Crippen LogP contribution in [-0.4, -0.2) is 25.7 Å². The summed E-state index contributed by atoms with van der Waals surface area (Å²) in [5.41, 5.74) is 2.97. The Morgan fingerprint density at radius 1 is 0.824 bits per heavy atom. The van der Waals surface area contributed by atoms with E-state index in [2.05, 4.69) is 77.9 Å². The Morgan fingerprint density at radius 3 is 2.06 bits per heavy atom. The van der Waals surface area contributed by atoms with Gasteiger partial charge in [-0.15, -0.1) is 0 Å². The van der Waals surface area contributed by atoms with E-state index in [9.17, 15) is 8.42 Å². The molecule has 1 aromatic heterocycles. The molecule has 0 unspecified atom stereocenters. The van der Waals surface area contributed by atoms with Gasteiger partial charge in [-0.05, 0) is 64.8 Å². The van der Waals surface area contributed by atoms with Gasteiger partial charge >= 0.3 is 0 Å². The van der Waals surface area contributed by atoms with Gasteiger partial charge in [0.05, 0.1) is 16.6 Å². The van der Waals surface area contributed by atoms with Gasteiger partial charge in [0.2, 0.25) is 0 Å². The lowest BCUT2D eigenvalue weighted by Crippen LogP contribution is -2.65. The van der Waals surface area contributed by atoms with E-state index in [0.717, 1.165) is 23.4 Å². The van der Waals surface area contributed by atoms with Gasteiger partial charge in [0.1, 0.15) is 8.07 Å². The fraction of sp³-hybridized carbons (Fsp3) is 0.107. The fourth-order valence-corrected chi connectivity index (χ4v) is 11.7. The second kappa shape index (κ2) is 7.79. The maximum absolute atomic E-state index is 13.5. The quantitative estimate of drug-likeness (QED) is 0.369. The van der Waals surface area contributed by atoms with E-state index in [4.69, 9.17) is 0 Å². The first kappa shape index (κ1) is 21.1. The molecule has 168 valence electrons. The van der Waals surface area contributed by atoms with Crippen LogP contribution >= 0.6 is 0 Å². The number of nitrogens with zero attached hydrogens (tertiary/aromatic N) is 2. The van der Waals surface area contributed by atoms with E-state index >= 15 is 0 Å².